The van der Waals surface area contributed by atoms with Crippen LogP contribution in [0.2, 0.25) is 0 Å². The van der Waals surface area contributed by atoms with E-state index >= 15 is 0 Å². The minimum Gasteiger partial charge on any atom is -0.476 e. The highest BCUT2D eigenvalue weighted by Gasteiger charge is 2.31. The Kier molecular flexibility index (Phi) is 3.64. The van der Waals surface area contributed by atoms with Gasteiger partial charge >= 0.3 is 12.3 Å². The van der Waals surface area contributed by atoms with Gasteiger partial charge in [-0.1, -0.05) is 12.1 Å². The molecule has 0 spiro atoms. The third kappa shape index (κ3) is 3.74. The van der Waals surface area contributed by atoms with E-state index in [-0.39, 0.29) is 18.0 Å². The Morgan fingerprint density at radius 1 is 1.35 bits per heavy atom. The summed E-state index contributed by atoms with van der Waals surface area (Å²) >= 11 is 0. The zero-order chi connectivity index (χ0) is 14.8. The highest BCUT2D eigenvalue weighted by Crippen LogP contribution is 2.23. The Bertz CT molecular complexity index is 622. The summed E-state index contributed by atoms with van der Waals surface area (Å²) in [5, 5.41) is 12.5. The fourth-order valence-electron chi connectivity index (χ4n) is 1.59. The number of ether oxygens (including phenoxy) is 1. The normalized spacial score (nSPS) is 11.3. The molecule has 20 heavy (non-hydrogen) atoms. The van der Waals surface area contributed by atoms with Crippen molar-refractivity contribution in [1.29, 1.82) is 0 Å². The molecule has 0 aliphatic rings. The number of rotatable bonds is 4. The Morgan fingerprint density at radius 3 is 2.70 bits per heavy atom. The first-order chi connectivity index (χ1) is 9.33. The van der Waals surface area contributed by atoms with Gasteiger partial charge < -0.3 is 9.84 Å². The van der Waals surface area contributed by atoms with Crippen LogP contribution in [0.4, 0.5) is 13.2 Å². The van der Waals surface area contributed by atoms with Crippen LogP contribution in [0.3, 0.4) is 0 Å². The monoisotopic (exact) mass is 286 g/mol. The quantitative estimate of drug-likeness (QED) is 0.938. The molecule has 1 aromatic heterocycles. The summed E-state index contributed by atoms with van der Waals surface area (Å²) in [4.78, 5) is 10.7. The van der Waals surface area contributed by atoms with Crippen LogP contribution in [0.1, 0.15) is 16.1 Å². The van der Waals surface area contributed by atoms with Gasteiger partial charge in [-0.05, 0) is 23.8 Å². The van der Waals surface area contributed by atoms with Crippen molar-refractivity contribution in [2.45, 2.75) is 12.9 Å². The molecule has 1 aromatic carbocycles. The standard InChI is InChI=1S/C12H9F3N2O3/c13-12(14,15)20-9-3-1-2-8(6-9)7-17-5-4-10(16-17)11(18)19/h1-6H,7H2,(H,18,19). The molecule has 2 rings (SSSR count). The Morgan fingerprint density at radius 2 is 2.10 bits per heavy atom. The molecular formula is C12H9F3N2O3. The van der Waals surface area contributed by atoms with E-state index in [1.165, 1.54) is 35.1 Å². The fourth-order valence-corrected chi connectivity index (χ4v) is 1.59. The molecule has 0 fully saturated rings. The van der Waals surface area contributed by atoms with Crippen LogP contribution in [0.5, 0.6) is 5.75 Å². The molecule has 0 aliphatic heterocycles. The van der Waals surface area contributed by atoms with Crippen molar-refractivity contribution in [1.82, 2.24) is 9.78 Å². The smallest absolute Gasteiger partial charge is 0.476 e. The molecule has 0 aliphatic carbocycles. The Labute approximate surface area is 111 Å². The molecule has 8 heteroatoms. The molecule has 0 unspecified atom stereocenters. The minimum atomic E-state index is -4.75. The SMILES string of the molecule is O=C(O)c1ccn(Cc2cccc(OC(F)(F)F)c2)n1. The molecule has 0 bridgehead atoms. The second kappa shape index (κ2) is 5.24. The average Bonchev–Trinajstić information content (AvgIpc) is 2.75. The number of carboxylic acid groups (broad SMARTS) is 1. The number of aromatic nitrogens is 2. The van der Waals surface area contributed by atoms with Crippen molar-refractivity contribution in [3.05, 3.63) is 47.8 Å². The van der Waals surface area contributed by atoms with Gasteiger partial charge in [-0.3, -0.25) is 4.68 Å². The van der Waals surface area contributed by atoms with Gasteiger partial charge in [0, 0.05) is 6.20 Å². The molecule has 0 saturated carbocycles. The predicted octanol–water partition coefficient (Wildman–Crippen LogP) is 2.53. The van der Waals surface area contributed by atoms with E-state index in [2.05, 4.69) is 9.84 Å². The Hall–Kier alpha value is -2.51. The number of halogens is 3. The van der Waals surface area contributed by atoms with Crippen LogP contribution in [0, 0.1) is 0 Å². The first kappa shape index (κ1) is 13.9. The van der Waals surface area contributed by atoms with E-state index in [1.807, 2.05) is 0 Å². The highest BCUT2D eigenvalue weighted by molar-refractivity contribution is 5.85. The average molecular weight is 286 g/mol. The number of carboxylic acids is 1. The molecule has 106 valence electrons. The molecule has 1 N–H and O–H groups in total. The second-order valence-electron chi connectivity index (χ2n) is 3.90. The number of carbonyl (C=O) groups is 1. The van der Waals surface area contributed by atoms with Crippen molar-refractivity contribution < 1.29 is 27.8 Å². The minimum absolute atomic E-state index is 0.132. The van der Waals surface area contributed by atoms with Gasteiger partial charge in [-0.15, -0.1) is 13.2 Å². The molecule has 0 saturated heterocycles. The van der Waals surface area contributed by atoms with E-state index in [0.29, 0.717) is 5.56 Å². The first-order valence-electron chi connectivity index (χ1n) is 5.45. The van der Waals surface area contributed by atoms with Crippen LogP contribution in [0.25, 0.3) is 0 Å². The number of alkyl halides is 3. The molecule has 0 radical (unpaired) electrons. The lowest BCUT2D eigenvalue weighted by Gasteiger charge is -2.10. The van der Waals surface area contributed by atoms with Gasteiger partial charge in [0.25, 0.3) is 0 Å². The van der Waals surface area contributed by atoms with Gasteiger partial charge in [0.1, 0.15) is 5.75 Å². The third-order valence-electron chi connectivity index (χ3n) is 2.34. The molecule has 0 atom stereocenters. The predicted molar refractivity (Wildman–Crippen MR) is 61.4 cm³/mol. The van der Waals surface area contributed by atoms with E-state index in [0.717, 1.165) is 0 Å². The van der Waals surface area contributed by atoms with Crippen molar-refractivity contribution in [3.8, 4) is 5.75 Å². The summed E-state index contributed by atoms with van der Waals surface area (Å²) in [6, 6.07) is 6.71. The molecule has 1 heterocycles. The van der Waals surface area contributed by atoms with Gasteiger partial charge in [0.2, 0.25) is 0 Å². The number of hydrogen-bond acceptors (Lipinski definition) is 3. The summed E-state index contributed by atoms with van der Waals surface area (Å²) in [6.45, 7) is 0.141. The number of hydrogen-bond donors (Lipinski definition) is 1. The summed E-state index contributed by atoms with van der Waals surface area (Å²) in [5.74, 6) is -1.50. The fraction of sp³-hybridized carbons (Fsp3) is 0.167. The van der Waals surface area contributed by atoms with Gasteiger partial charge in [-0.25, -0.2) is 4.79 Å². The lowest BCUT2D eigenvalue weighted by molar-refractivity contribution is -0.274. The van der Waals surface area contributed by atoms with Crippen LogP contribution in [0.15, 0.2) is 36.5 Å². The maximum Gasteiger partial charge on any atom is 0.573 e. The number of benzene rings is 1. The van der Waals surface area contributed by atoms with E-state index < -0.39 is 12.3 Å². The summed E-state index contributed by atoms with van der Waals surface area (Å²) < 4.78 is 41.4. The molecule has 0 amide bonds. The lowest BCUT2D eigenvalue weighted by Crippen LogP contribution is -2.17. The molecular weight excluding hydrogens is 277 g/mol. The van der Waals surface area contributed by atoms with Gasteiger partial charge in [0.15, 0.2) is 5.69 Å². The Balaban J connectivity index is 2.13. The zero-order valence-corrected chi connectivity index (χ0v) is 9.96. The maximum absolute atomic E-state index is 12.1. The second-order valence-corrected chi connectivity index (χ2v) is 3.90. The van der Waals surface area contributed by atoms with Crippen molar-refractivity contribution in [2.75, 3.05) is 0 Å². The van der Waals surface area contributed by atoms with Gasteiger partial charge in [-0.2, -0.15) is 5.10 Å². The zero-order valence-electron chi connectivity index (χ0n) is 9.96. The van der Waals surface area contributed by atoms with Crippen LogP contribution in [-0.2, 0) is 6.54 Å². The topological polar surface area (TPSA) is 64.3 Å². The van der Waals surface area contributed by atoms with Crippen molar-refractivity contribution in [3.63, 3.8) is 0 Å². The van der Waals surface area contributed by atoms with Crippen LogP contribution < -0.4 is 4.74 Å². The third-order valence-corrected chi connectivity index (χ3v) is 2.34. The van der Waals surface area contributed by atoms with Crippen molar-refractivity contribution in [2.24, 2.45) is 0 Å². The lowest BCUT2D eigenvalue weighted by atomic mass is 10.2. The number of nitrogens with zero attached hydrogens (tertiary/aromatic N) is 2. The van der Waals surface area contributed by atoms with E-state index in [9.17, 15) is 18.0 Å². The number of aromatic carboxylic acids is 1. The largest absolute Gasteiger partial charge is 0.573 e. The summed E-state index contributed by atoms with van der Waals surface area (Å²) in [5.41, 5.74) is 0.375. The van der Waals surface area contributed by atoms with E-state index in [4.69, 9.17) is 5.11 Å². The van der Waals surface area contributed by atoms with Crippen LogP contribution in [-0.4, -0.2) is 27.2 Å². The first-order valence-corrected chi connectivity index (χ1v) is 5.45. The summed E-state index contributed by atoms with van der Waals surface area (Å²) in [6.07, 6.45) is -3.32. The van der Waals surface area contributed by atoms with Crippen LogP contribution >= 0.6 is 0 Å². The summed E-state index contributed by atoms with van der Waals surface area (Å²) in [7, 11) is 0. The van der Waals surface area contributed by atoms with Gasteiger partial charge in [0.05, 0.1) is 6.54 Å². The molecule has 5 nitrogen and oxygen atoms in total. The molecule has 2 aromatic rings. The van der Waals surface area contributed by atoms with Crippen molar-refractivity contribution >= 4 is 5.97 Å². The van der Waals surface area contributed by atoms with E-state index in [1.54, 1.807) is 6.07 Å². The highest BCUT2D eigenvalue weighted by atomic mass is 19.4. The maximum atomic E-state index is 12.1.